The van der Waals surface area contributed by atoms with Crippen LogP contribution in [0.5, 0.6) is 0 Å². The number of halogens is 1. The first-order chi connectivity index (χ1) is 10.2. The lowest BCUT2D eigenvalue weighted by molar-refractivity contribution is -0.118. The molecule has 0 bridgehead atoms. The Bertz CT molecular complexity index is 655. The Hall–Kier alpha value is -1.85. The molecule has 2 heterocycles. The predicted molar refractivity (Wildman–Crippen MR) is 82.3 cm³/mol. The zero-order chi connectivity index (χ0) is 14.8. The maximum Gasteiger partial charge on any atom is 0.244 e. The molecule has 3 rings (SSSR count). The van der Waals surface area contributed by atoms with Gasteiger partial charge in [-0.15, -0.1) is 0 Å². The van der Waals surface area contributed by atoms with Crippen molar-refractivity contribution in [3.63, 3.8) is 0 Å². The number of imidazole rings is 1. The number of hydrogen-bond donors (Lipinski definition) is 1. The van der Waals surface area contributed by atoms with Crippen molar-refractivity contribution in [2.24, 2.45) is 7.05 Å². The molecule has 0 radical (unpaired) electrons. The highest BCUT2D eigenvalue weighted by atomic mass is 35.5. The number of aromatic nitrogens is 2. The highest BCUT2D eigenvalue weighted by Gasteiger charge is 2.33. The summed E-state index contributed by atoms with van der Waals surface area (Å²) in [5.41, 5.74) is 1.84. The summed E-state index contributed by atoms with van der Waals surface area (Å²) in [6, 6.07) is 7.27. The monoisotopic (exact) mass is 304 g/mol. The van der Waals surface area contributed by atoms with Gasteiger partial charge in [0.1, 0.15) is 0 Å². The lowest BCUT2D eigenvalue weighted by Gasteiger charge is -2.18. The zero-order valence-corrected chi connectivity index (χ0v) is 12.5. The van der Waals surface area contributed by atoms with E-state index in [1.54, 1.807) is 23.5 Å². The highest BCUT2D eigenvalue weighted by Crippen LogP contribution is 2.29. The SMILES string of the molecule is Cn1cncc1CN[C@@H]1CCN(c2ccccc2Cl)C1=O. The van der Waals surface area contributed by atoms with Gasteiger partial charge < -0.3 is 14.8 Å². The Morgan fingerprint density at radius 1 is 1.43 bits per heavy atom. The zero-order valence-electron chi connectivity index (χ0n) is 11.8. The van der Waals surface area contributed by atoms with Crippen LogP contribution in [-0.4, -0.2) is 28.0 Å². The molecule has 1 aromatic carbocycles. The van der Waals surface area contributed by atoms with Gasteiger partial charge in [-0.3, -0.25) is 4.79 Å². The van der Waals surface area contributed by atoms with Crippen LogP contribution in [0.3, 0.4) is 0 Å². The predicted octanol–water partition coefficient (Wildman–Crippen LogP) is 1.97. The van der Waals surface area contributed by atoms with E-state index in [4.69, 9.17) is 11.6 Å². The lowest BCUT2D eigenvalue weighted by atomic mass is 10.2. The van der Waals surface area contributed by atoms with Crippen LogP contribution in [0.4, 0.5) is 5.69 Å². The van der Waals surface area contributed by atoms with Gasteiger partial charge in [-0.1, -0.05) is 23.7 Å². The second-order valence-electron chi connectivity index (χ2n) is 5.16. The number of nitrogens with zero attached hydrogens (tertiary/aromatic N) is 3. The van der Waals surface area contributed by atoms with Crippen LogP contribution in [0, 0.1) is 0 Å². The Labute approximate surface area is 128 Å². The van der Waals surface area contributed by atoms with Gasteiger partial charge in [-0.05, 0) is 18.6 Å². The number of carbonyl (C=O) groups is 1. The first-order valence-electron chi connectivity index (χ1n) is 6.91. The minimum atomic E-state index is -0.170. The van der Waals surface area contributed by atoms with Gasteiger partial charge in [0.15, 0.2) is 0 Å². The quantitative estimate of drug-likeness (QED) is 0.939. The van der Waals surface area contributed by atoms with Gasteiger partial charge in [0.05, 0.1) is 28.8 Å². The molecule has 1 aromatic heterocycles. The fourth-order valence-electron chi connectivity index (χ4n) is 2.56. The van der Waals surface area contributed by atoms with Crippen LogP contribution >= 0.6 is 11.6 Å². The second kappa shape index (κ2) is 5.87. The molecular weight excluding hydrogens is 288 g/mol. The molecule has 1 aliphatic rings. The third kappa shape index (κ3) is 2.80. The minimum absolute atomic E-state index is 0.0743. The average molecular weight is 305 g/mol. The van der Waals surface area contributed by atoms with Crippen LogP contribution in [0.2, 0.25) is 5.02 Å². The highest BCUT2D eigenvalue weighted by molar-refractivity contribution is 6.33. The number of hydrogen-bond acceptors (Lipinski definition) is 3. The fraction of sp³-hybridized carbons (Fsp3) is 0.333. The van der Waals surface area contributed by atoms with Crippen molar-refractivity contribution in [3.05, 3.63) is 47.5 Å². The van der Waals surface area contributed by atoms with Crippen LogP contribution < -0.4 is 10.2 Å². The number of amides is 1. The number of nitrogens with one attached hydrogen (secondary N) is 1. The summed E-state index contributed by atoms with van der Waals surface area (Å²) < 4.78 is 1.94. The maximum atomic E-state index is 12.5. The molecule has 1 amide bonds. The largest absolute Gasteiger partial charge is 0.337 e. The van der Waals surface area contributed by atoms with Gasteiger partial charge in [0.25, 0.3) is 0 Å². The number of rotatable bonds is 4. The smallest absolute Gasteiger partial charge is 0.244 e. The Balaban J connectivity index is 1.67. The number of anilines is 1. The third-order valence-corrected chi connectivity index (χ3v) is 4.11. The maximum absolute atomic E-state index is 12.5. The van der Waals surface area contributed by atoms with Crippen LogP contribution in [0.25, 0.3) is 0 Å². The van der Waals surface area contributed by atoms with Gasteiger partial charge in [0.2, 0.25) is 5.91 Å². The van der Waals surface area contributed by atoms with Crippen molar-refractivity contribution >= 4 is 23.2 Å². The summed E-state index contributed by atoms with van der Waals surface area (Å²) in [6.07, 6.45) is 4.34. The van der Waals surface area contributed by atoms with Crippen LogP contribution in [0.1, 0.15) is 12.1 Å². The summed E-state index contributed by atoms with van der Waals surface area (Å²) in [6.45, 7) is 1.31. The van der Waals surface area contributed by atoms with Crippen molar-refractivity contribution in [2.45, 2.75) is 19.0 Å². The summed E-state index contributed by atoms with van der Waals surface area (Å²) >= 11 is 6.17. The Morgan fingerprint density at radius 3 is 2.95 bits per heavy atom. The molecule has 110 valence electrons. The van der Waals surface area contributed by atoms with E-state index in [1.165, 1.54) is 0 Å². The number of carbonyl (C=O) groups excluding carboxylic acids is 1. The number of aryl methyl sites for hydroxylation is 1. The van der Waals surface area contributed by atoms with E-state index in [2.05, 4.69) is 10.3 Å². The van der Waals surface area contributed by atoms with Crippen LogP contribution in [0.15, 0.2) is 36.8 Å². The summed E-state index contributed by atoms with van der Waals surface area (Å²) in [7, 11) is 1.94. The van der Waals surface area contributed by atoms with E-state index >= 15 is 0 Å². The molecule has 0 aliphatic carbocycles. The molecule has 0 saturated carbocycles. The molecule has 1 atom stereocenters. The number of para-hydroxylation sites is 1. The average Bonchev–Trinajstić information content (AvgIpc) is 3.04. The van der Waals surface area contributed by atoms with E-state index in [-0.39, 0.29) is 11.9 Å². The Kier molecular flexibility index (Phi) is 3.94. The van der Waals surface area contributed by atoms with Crippen molar-refractivity contribution < 1.29 is 4.79 Å². The first-order valence-corrected chi connectivity index (χ1v) is 7.29. The molecular formula is C15H17ClN4O. The molecule has 6 heteroatoms. The van der Waals surface area contributed by atoms with Crippen molar-refractivity contribution in [3.8, 4) is 0 Å². The van der Waals surface area contributed by atoms with Crippen molar-refractivity contribution in [2.75, 3.05) is 11.4 Å². The topological polar surface area (TPSA) is 50.2 Å². The summed E-state index contributed by atoms with van der Waals surface area (Å²) in [4.78, 5) is 18.3. The van der Waals surface area contributed by atoms with E-state index in [1.807, 2.05) is 29.8 Å². The van der Waals surface area contributed by atoms with Gasteiger partial charge in [-0.25, -0.2) is 4.98 Å². The normalized spacial score (nSPS) is 18.5. The molecule has 0 spiro atoms. The summed E-state index contributed by atoms with van der Waals surface area (Å²) in [5, 5.41) is 3.91. The van der Waals surface area contributed by atoms with E-state index in [9.17, 15) is 4.79 Å². The van der Waals surface area contributed by atoms with E-state index < -0.39 is 0 Å². The minimum Gasteiger partial charge on any atom is -0.337 e. The van der Waals surface area contributed by atoms with Crippen molar-refractivity contribution in [1.29, 1.82) is 0 Å². The standard InChI is InChI=1S/C15H17ClN4O/c1-19-10-17-8-11(19)9-18-13-6-7-20(15(13)21)14-5-3-2-4-12(14)16/h2-5,8,10,13,18H,6-7,9H2,1H3/t13-/m1/s1. The molecule has 1 aliphatic heterocycles. The van der Waals surface area contributed by atoms with Crippen molar-refractivity contribution in [1.82, 2.24) is 14.9 Å². The molecule has 1 fully saturated rings. The Morgan fingerprint density at radius 2 is 2.24 bits per heavy atom. The van der Waals surface area contributed by atoms with E-state index in [0.29, 0.717) is 18.1 Å². The van der Waals surface area contributed by atoms with Crippen LogP contribution in [-0.2, 0) is 18.4 Å². The fourth-order valence-corrected chi connectivity index (χ4v) is 2.80. The third-order valence-electron chi connectivity index (χ3n) is 3.79. The first kappa shape index (κ1) is 14.1. The summed E-state index contributed by atoms with van der Waals surface area (Å²) in [5.74, 6) is 0.0743. The second-order valence-corrected chi connectivity index (χ2v) is 5.57. The van der Waals surface area contributed by atoms with Gasteiger partial charge in [0, 0.05) is 26.3 Å². The molecule has 1 N–H and O–H groups in total. The van der Waals surface area contributed by atoms with Gasteiger partial charge in [-0.2, -0.15) is 0 Å². The van der Waals surface area contributed by atoms with Gasteiger partial charge >= 0.3 is 0 Å². The molecule has 2 aromatic rings. The van der Waals surface area contributed by atoms with E-state index in [0.717, 1.165) is 17.8 Å². The molecule has 5 nitrogen and oxygen atoms in total. The molecule has 21 heavy (non-hydrogen) atoms. The lowest BCUT2D eigenvalue weighted by Crippen LogP contribution is -2.38. The molecule has 0 unspecified atom stereocenters. The molecule has 1 saturated heterocycles. The number of benzene rings is 1.